The van der Waals surface area contributed by atoms with E-state index in [0.717, 1.165) is 0 Å². The van der Waals surface area contributed by atoms with Crippen molar-refractivity contribution in [1.29, 1.82) is 0 Å². The van der Waals surface area contributed by atoms with E-state index < -0.39 is 6.10 Å². The Hall–Kier alpha value is -0.770. The fourth-order valence-corrected chi connectivity index (χ4v) is 1.48. The van der Waals surface area contributed by atoms with E-state index in [1.54, 1.807) is 6.92 Å². The average Bonchev–Trinajstić information content (AvgIpc) is 2.00. The Bertz CT molecular complexity index is 203. The molecular weight excluding hydrogens is 158 g/mol. The highest BCUT2D eigenvalue weighted by atomic mass is 16.5. The molecule has 1 heterocycles. The summed E-state index contributed by atoms with van der Waals surface area (Å²) in [4.78, 5) is 2.69. The van der Waals surface area contributed by atoms with Gasteiger partial charge < -0.3 is 9.84 Å². The molecule has 0 aromatic heterocycles. The van der Waals surface area contributed by atoms with Crippen LogP contribution in [-0.2, 0) is 4.74 Å². The quantitative estimate of drug-likeness (QED) is 0.366. The highest BCUT2D eigenvalue weighted by molar-refractivity contribution is 4.86. The van der Waals surface area contributed by atoms with Crippen molar-refractivity contribution in [3.63, 3.8) is 0 Å². The van der Waals surface area contributed by atoms with Gasteiger partial charge in [-0.15, -0.1) is 0 Å². The third-order valence-corrected chi connectivity index (χ3v) is 2.10. The molecule has 5 heteroatoms. The van der Waals surface area contributed by atoms with Crippen molar-refractivity contribution in [2.45, 2.75) is 44.6 Å². The van der Waals surface area contributed by atoms with Crippen molar-refractivity contribution < 1.29 is 9.84 Å². The van der Waals surface area contributed by atoms with Crippen LogP contribution in [0.15, 0.2) is 5.11 Å². The number of rotatable bonds is 1. The first-order valence-corrected chi connectivity index (χ1v) is 4.03. The first-order valence-electron chi connectivity index (χ1n) is 4.03. The molecule has 1 rings (SSSR count). The standard InChI is InChI=1S/C7H13N3O2/c1-4-3-6(9-10-8)7(11)5(2)12-4/h4-7,11H,3H2,1-2H3. The largest absolute Gasteiger partial charge is 0.390 e. The van der Waals surface area contributed by atoms with Gasteiger partial charge in [-0.2, -0.15) is 0 Å². The Morgan fingerprint density at radius 3 is 2.83 bits per heavy atom. The third kappa shape index (κ3) is 1.88. The molecule has 1 aliphatic rings. The number of aliphatic hydroxyl groups excluding tert-OH is 1. The van der Waals surface area contributed by atoms with Gasteiger partial charge in [-0.1, -0.05) is 5.11 Å². The maximum atomic E-state index is 9.50. The van der Waals surface area contributed by atoms with Crippen LogP contribution in [0.1, 0.15) is 20.3 Å². The van der Waals surface area contributed by atoms with Gasteiger partial charge in [0.05, 0.1) is 24.4 Å². The fraction of sp³-hybridized carbons (Fsp3) is 1.00. The van der Waals surface area contributed by atoms with Crippen LogP contribution >= 0.6 is 0 Å². The highest BCUT2D eigenvalue weighted by Crippen LogP contribution is 2.22. The van der Waals surface area contributed by atoms with Crippen LogP contribution in [0, 0.1) is 0 Å². The summed E-state index contributed by atoms with van der Waals surface area (Å²) in [7, 11) is 0. The smallest absolute Gasteiger partial charge is 0.0884 e. The molecule has 1 saturated heterocycles. The molecule has 1 N–H and O–H groups in total. The summed E-state index contributed by atoms with van der Waals surface area (Å²) in [5.41, 5.74) is 8.22. The molecule has 4 atom stereocenters. The summed E-state index contributed by atoms with van der Waals surface area (Å²) in [5.74, 6) is 0. The molecule has 0 saturated carbocycles. The maximum Gasteiger partial charge on any atom is 0.0884 e. The summed E-state index contributed by atoms with van der Waals surface area (Å²) >= 11 is 0. The lowest BCUT2D eigenvalue weighted by atomic mass is 9.98. The average molecular weight is 171 g/mol. The topological polar surface area (TPSA) is 78.2 Å². The molecule has 0 aliphatic carbocycles. The van der Waals surface area contributed by atoms with Gasteiger partial charge in [0.1, 0.15) is 0 Å². The second-order valence-corrected chi connectivity index (χ2v) is 3.15. The van der Waals surface area contributed by atoms with Crippen molar-refractivity contribution >= 4 is 0 Å². The second-order valence-electron chi connectivity index (χ2n) is 3.15. The predicted molar refractivity (Wildman–Crippen MR) is 43.6 cm³/mol. The number of hydrogen-bond donors (Lipinski definition) is 1. The van der Waals surface area contributed by atoms with Gasteiger partial charge in [-0.25, -0.2) is 0 Å². The van der Waals surface area contributed by atoms with Gasteiger partial charge in [-0.05, 0) is 25.8 Å². The molecule has 4 unspecified atom stereocenters. The van der Waals surface area contributed by atoms with Crippen molar-refractivity contribution in [1.82, 2.24) is 0 Å². The molecule has 0 aromatic carbocycles. The monoisotopic (exact) mass is 171 g/mol. The lowest BCUT2D eigenvalue weighted by Crippen LogP contribution is -2.44. The number of aliphatic hydroxyl groups is 1. The van der Waals surface area contributed by atoms with E-state index in [4.69, 9.17) is 10.3 Å². The normalized spacial score (nSPS) is 41.9. The summed E-state index contributed by atoms with van der Waals surface area (Å²) < 4.78 is 5.34. The van der Waals surface area contributed by atoms with Crippen LogP contribution < -0.4 is 0 Å². The molecule has 0 amide bonds. The summed E-state index contributed by atoms with van der Waals surface area (Å²) in [6.07, 6.45) is -0.268. The van der Waals surface area contributed by atoms with Crippen LogP contribution in [0.4, 0.5) is 0 Å². The molecular formula is C7H13N3O2. The third-order valence-electron chi connectivity index (χ3n) is 2.10. The van der Waals surface area contributed by atoms with Crippen LogP contribution in [0.25, 0.3) is 10.4 Å². The molecule has 5 nitrogen and oxygen atoms in total. The van der Waals surface area contributed by atoms with Crippen LogP contribution in [-0.4, -0.2) is 29.5 Å². The van der Waals surface area contributed by atoms with E-state index in [1.165, 1.54) is 0 Å². The fourth-order valence-electron chi connectivity index (χ4n) is 1.48. The van der Waals surface area contributed by atoms with E-state index in [9.17, 15) is 5.11 Å². The molecule has 0 bridgehead atoms. The summed E-state index contributed by atoms with van der Waals surface area (Å²) in [5, 5.41) is 13.0. The lowest BCUT2D eigenvalue weighted by Gasteiger charge is -2.34. The molecule has 0 radical (unpaired) electrons. The zero-order valence-electron chi connectivity index (χ0n) is 7.21. The van der Waals surface area contributed by atoms with Gasteiger partial charge in [0.15, 0.2) is 0 Å². The molecule has 0 spiro atoms. The van der Waals surface area contributed by atoms with Crippen LogP contribution in [0.2, 0.25) is 0 Å². The summed E-state index contributed by atoms with van der Waals surface area (Å²) in [6.45, 7) is 3.68. The van der Waals surface area contributed by atoms with Crippen molar-refractivity contribution in [3.05, 3.63) is 10.4 Å². The molecule has 68 valence electrons. The Balaban J connectivity index is 2.65. The van der Waals surface area contributed by atoms with Gasteiger partial charge >= 0.3 is 0 Å². The van der Waals surface area contributed by atoms with Crippen LogP contribution in [0.3, 0.4) is 0 Å². The van der Waals surface area contributed by atoms with E-state index in [0.29, 0.717) is 6.42 Å². The van der Waals surface area contributed by atoms with Crippen molar-refractivity contribution in [3.8, 4) is 0 Å². The van der Waals surface area contributed by atoms with Crippen LogP contribution in [0.5, 0.6) is 0 Å². The molecule has 1 aliphatic heterocycles. The SMILES string of the molecule is CC1CC(N=[N+]=[N-])C(O)C(C)O1. The highest BCUT2D eigenvalue weighted by Gasteiger charge is 2.32. The van der Waals surface area contributed by atoms with E-state index >= 15 is 0 Å². The zero-order chi connectivity index (χ0) is 9.14. The second kappa shape index (κ2) is 3.76. The lowest BCUT2D eigenvalue weighted by molar-refractivity contribution is -0.110. The Labute approximate surface area is 71.0 Å². The first kappa shape index (κ1) is 9.32. The van der Waals surface area contributed by atoms with Crippen molar-refractivity contribution in [2.24, 2.45) is 5.11 Å². The molecule has 0 aromatic rings. The van der Waals surface area contributed by atoms with E-state index in [1.807, 2.05) is 6.92 Å². The van der Waals surface area contributed by atoms with Gasteiger partial charge in [0.25, 0.3) is 0 Å². The maximum absolute atomic E-state index is 9.50. The molecule has 12 heavy (non-hydrogen) atoms. The minimum atomic E-state index is -0.669. The van der Waals surface area contributed by atoms with Gasteiger partial charge in [0.2, 0.25) is 0 Å². The predicted octanol–water partition coefficient (Wildman–Crippen LogP) is 1.22. The van der Waals surface area contributed by atoms with Crippen molar-refractivity contribution in [2.75, 3.05) is 0 Å². The Morgan fingerprint density at radius 2 is 2.25 bits per heavy atom. The first-order chi connectivity index (χ1) is 5.65. The zero-order valence-corrected chi connectivity index (χ0v) is 7.21. The van der Waals surface area contributed by atoms with Gasteiger partial charge in [0, 0.05) is 4.91 Å². The minimum absolute atomic E-state index is 0.0545. The number of azide groups is 1. The summed E-state index contributed by atoms with van der Waals surface area (Å²) in [6, 6.07) is -0.339. The number of hydrogen-bond acceptors (Lipinski definition) is 3. The molecule has 1 fully saturated rings. The number of ether oxygens (including phenoxy) is 1. The number of nitrogens with zero attached hydrogens (tertiary/aromatic N) is 3. The Kier molecular flexibility index (Phi) is 2.92. The van der Waals surface area contributed by atoms with Gasteiger partial charge in [-0.3, -0.25) is 0 Å². The minimum Gasteiger partial charge on any atom is -0.390 e. The Morgan fingerprint density at radius 1 is 1.58 bits per heavy atom. The van der Waals surface area contributed by atoms with E-state index in [2.05, 4.69) is 10.0 Å². The van der Waals surface area contributed by atoms with E-state index in [-0.39, 0.29) is 18.2 Å².